The molecular weight excluding hydrogens is 469 g/mol. The molecule has 3 heterocycles. The lowest BCUT2D eigenvalue weighted by Gasteiger charge is -2.40. The smallest absolute Gasteiger partial charge is 0.310 e. The summed E-state index contributed by atoms with van der Waals surface area (Å²) >= 11 is 0. The van der Waals surface area contributed by atoms with Crippen molar-refractivity contribution >= 4 is 27.6 Å². The van der Waals surface area contributed by atoms with Gasteiger partial charge in [-0.3, -0.25) is 4.79 Å². The third kappa shape index (κ3) is 4.49. The maximum atomic E-state index is 12.9. The van der Waals surface area contributed by atoms with Gasteiger partial charge in [0, 0.05) is 18.4 Å². The Morgan fingerprint density at radius 2 is 1.85 bits per heavy atom. The highest BCUT2D eigenvalue weighted by molar-refractivity contribution is 8.45. The average Bonchev–Trinajstić information content (AvgIpc) is 3.24. The first-order valence-corrected chi connectivity index (χ1v) is 12.0. The van der Waals surface area contributed by atoms with E-state index in [1.54, 1.807) is 12.1 Å². The predicted molar refractivity (Wildman–Crippen MR) is 113 cm³/mol. The van der Waals surface area contributed by atoms with Gasteiger partial charge in [-0.25, -0.2) is 4.98 Å². The maximum Gasteiger partial charge on any atom is 0.310 e. The van der Waals surface area contributed by atoms with Gasteiger partial charge >= 0.3 is 10.2 Å². The van der Waals surface area contributed by atoms with Gasteiger partial charge in [-0.05, 0) is 55.7 Å². The van der Waals surface area contributed by atoms with E-state index in [-0.39, 0.29) is 29.2 Å². The molecule has 0 radical (unpaired) electrons. The zero-order chi connectivity index (χ0) is 24.0. The van der Waals surface area contributed by atoms with Crippen molar-refractivity contribution in [3.63, 3.8) is 0 Å². The molecule has 1 amide bonds. The zero-order valence-electron chi connectivity index (χ0n) is 17.3. The van der Waals surface area contributed by atoms with E-state index in [0.29, 0.717) is 37.1 Å². The minimum absolute atomic E-state index is 0.0513. The second-order valence-electron chi connectivity index (χ2n) is 7.73. The summed E-state index contributed by atoms with van der Waals surface area (Å²) in [6.07, 6.45) is 3.19. The van der Waals surface area contributed by atoms with Crippen LogP contribution in [0.2, 0.25) is 0 Å². The predicted octanol–water partition coefficient (Wildman–Crippen LogP) is 6.09. The molecule has 4 rings (SSSR count). The Bertz CT molecular complexity index is 1200. The molecule has 13 heteroatoms. The van der Waals surface area contributed by atoms with Crippen LogP contribution in [0, 0.1) is 0 Å². The van der Waals surface area contributed by atoms with Crippen molar-refractivity contribution < 1.29 is 28.6 Å². The van der Waals surface area contributed by atoms with E-state index in [4.69, 9.17) is 4.42 Å². The molecule has 3 aromatic rings. The molecule has 1 fully saturated rings. The molecule has 1 aliphatic rings. The van der Waals surface area contributed by atoms with Crippen LogP contribution >= 0.6 is 10.2 Å². The van der Waals surface area contributed by atoms with Gasteiger partial charge < -0.3 is 15.1 Å². The van der Waals surface area contributed by atoms with E-state index in [9.17, 15) is 24.2 Å². The molecule has 0 spiro atoms. The normalized spacial score (nSPS) is 21.1. The molecule has 1 atom stereocenters. The molecule has 178 valence electrons. The molecule has 0 aliphatic carbocycles. The number of pyridine rings is 1. The van der Waals surface area contributed by atoms with Crippen molar-refractivity contribution in [3.05, 3.63) is 48.5 Å². The van der Waals surface area contributed by atoms with Gasteiger partial charge in [0.05, 0.1) is 5.56 Å². The van der Waals surface area contributed by atoms with Gasteiger partial charge in [0.15, 0.2) is 0 Å². The van der Waals surface area contributed by atoms with Crippen LogP contribution in [0.15, 0.2) is 51.9 Å². The highest BCUT2D eigenvalue weighted by Crippen LogP contribution is 3.02. The average molecular weight is 489 g/mol. The minimum Gasteiger partial charge on any atom is -0.419 e. The molecule has 0 saturated carbocycles. The monoisotopic (exact) mass is 489 g/mol. The number of nitrogens with one attached hydrogen (secondary N) is 2. The van der Waals surface area contributed by atoms with E-state index >= 15 is 0 Å². The van der Waals surface area contributed by atoms with Crippen LogP contribution < -0.4 is 10.6 Å². The van der Waals surface area contributed by atoms with E-state index in [1.165, 1.54) is 6.20 Å². The number of rotatable bonds is 6. The molecule has 7 nitrogen and oxygen atoms in total. The summed E-state index contributed by atoms with van der Waals surface area (Å²) in [5.74, 6) is 0.175. The van der Waals surface area contributed by atoms with E-state index in [1.807, 2.05) is 6.92 Å². The summed E-state index contributed by atoms with van der Waals surface area (Å²) in [7, 11) is -9.76. The zero-order valence-corrected chi connectivity index (χ0v) is 18.1. The molecule has 1 saturated heterocycles. The molecular formula is C20H20F5N5O2S. The lowest BCUT2D eigenvalue weighted by Crippen LogP contribution is -2.48. The van der Waals surface area contributed by atoms with Crippen molar-refractivity contribution in [2.45, 2.75) is 36.5 Å². The molecule has 2 N–H and O–H groups in total. The number of halogens is 5. The number of amides is 1. The molecule has 1 aliphatic heterocycles. The standard InChI is InChI=1S/C20H20F5N5O2S/c1-2-20(10-4-12-27-18(20)31)19-30-29-17(32-19)15-5-3-11-26-16(15)28-13-6-8-14(9-7-13)33(21,22,23,24)25/h3,5-9,11H,2,4,10,12H2,1H3,(H,26,28)(H,27,31)/t20-/m0/s1. The summed E-state index contributed by atoms with van der Waals surface area (Å²) in [4.78, 5) is 14.7. The van der Waals surface area contributed by atoms with Gasteiger partial charge in [0.2, 0.25) is 11.8 Å². The third-order valence-electron chi connectivity index (χ3n) is 5.54. The third-order valence-corrected chi connectivity index (χ3v) is 6.70. The number of nitrogens with zero attached hydrogens (tertiary/aromatic N) is 3. The van der Waals surface area contributed by atoms with Crippen molar-refractivity contribution in [2.75, 3.05) is 11.9 Å². The number of anilines is 2. The summed E-state index contributed by atoms with van der Waals surface area (Å²) in [6, 6.07) is 5.56. The molecule has 33 heavy (non-hydrogen) atoms. The highest BCUT2D eigenvalue weighted by Gasteiger charge is 2.65. The van der Waals surface area contributed by atoms with Gasteiger partial charge in [0.1, 0.15) is 16.1 Å². The fraction of sp³-hybridized carbons (Fsp3) is 0.300. The van der Waals surface area contributed by atoms with Gasteiger partial charge in [0.25, 0.3) is 5.89 Å². The molecule has 2 aromatic heterocycles. The van der Waals surface area contributed by atoms with Crippen molar-refractivity contribution in [2.24, 2.45) is 0 Å². The Balaban J connectivity index is 1.64. The molecule has 1 aromatic carbocycles. The number of benzene rings is 1. The van der Waals surface area contributed by atoms with Crippen LogP contribution in [0.5, 0.6) is 0 Å². The summed E-state index contributed by atoms with van der Waals surface area (Å²) in [6.45, 7) is 2.42. The van der Waals surface area contributed by atoms with Gasteiger partial charge in [-0.2, -0.15) is 0 Å². The van der Waals surface area contributed by atoms with E-state index in [2.05, 4.69) is 25.8 Å². The Morgan fingerprint density at radius 1 is 1.12 bits per heavy atom. The van der Waals surface area contributed by atoms with Crippen molar-refractivity contribution in [3.8, 4) is 11.5 Å². The first-order valence-electron chi connectivity index (χ1n) is 10.0. The summed E-state index contributed by atoms with van der Waals surface area (Å²) in [5.41, 5.74) is -0.520. The Hall–Kier alpha value is -3.22. The first kappa shape index (κ1) is 23.0. The van der Waals surface area contributed by atoms with Crippen molar-refractivity contribution in [1.82, 2.24) is 20.5 Å². The van der Waals surface area contributed by atoms with E-state index in [0.717, 1.165) is 18.6 Å². The lowest BCUT2D eigenvalue weighted by atomic mass is 9.77. The van der Waals surface area contributed by atoms with Crippen LogP contribution in [0.4, 0.5) is 30.9 Å². The number of piperidine rings is 1. The van der Waals surface area contributed by atoms with Crippen LogP contribution in [0.3, 0.4) is 0 Å². The number of carbonyl (C=O) groups is 1. The number of aromatic nitrogens is 3. The number of carbonyl (C=O) groups excluding carboxylic acids is 1. The lowest BCUT2D eigenvalue weighted by molar-refractivity contribution is -0.129. The topological polar surface area (TPSA) is 92.9 Å². The summed E-state index contributed by atoms with van der Waals surface area (Å²) < 4.78 is 70.6. The maximum absolute atomic E-state index is 12.9. The second kappa shape index (κ2) is 7.14. The fourth-order valence-corrected chi connectivity index (χ4v) is 4.35. The van der Waals surface area contributed by atoms with Gasteiger partial charge in [-0.15, -0.1) is 10.2 Å². The Morgan fingerprint density at radius 3 is 2.48 bits per heavy atom. The largest absolute Gasteiger partial charge is 0.419 e. The Labute approximate surface area is 185 Å². The summed E-state index contributed by atoms with van der Waals surface area (Å²) in [5, 5.41) is 13.7. The van der Waals surface area contributed by atoms with Crippen LogP contribution in [-0.2, 0) is 10.2 Å². The van der Waals surface area contributed by atoms with Crippen LogP contribution in [0.1, 0.15) is 32.1 Å². The first-order chi connectivity index (χ1) is 15.3. The SMILES string of the molecule is CC[C@]1(c2nnc(-c3cccnc3Nc3ccc(S(F)(F)(F)(F)F)cc3)o2)CCCNC1=O. The quantitative estimate of drug-likeness (QED) is 0.407. The molecule has 0 unspecified atom stereocenters. The molecule has 0 bridgehead atoms. The van der Waals surface area contributed by atoms with Gasteiger partial charge in [-0.1, -0.05) is 26.4 Å². The number of hydrogen-bond acceptors (Lipinski definition) is 6. The fourth-order valence-electron chi connectivity index (χ4n) is 3.70. The van der Waals surface area contributed by atoms with Crippen LogP contribution in [0.25, 0.3) is 11.5 Å². The highest BCUT2D eigenvalue weighted by atomic mass is 32.5. The van der Waals surface area contributed by atoms with E-state index < -0.39 is 20.5 Å². The number of hydrogen-bond donors (Lipinski definition) is 2. The Kier molecular flexibility index (Phi) is 4.97. The van der Waals surface area contributed by atoms with Crippen LogP contribution in [-0.4, -0.2) is 27.6 Å². The second-order valence-corrected chi connectivity index (χ2v) is 10.1. The van der Waals surface area contributed by atoms with Crippen molar-refractivity contribution in [1.29, 1.82) is 0 Å². The minimum atomic E-state index is -9.76.